The maximum absolute atomic E-state index is 11.5. The van der Waals surface area contributed by atoms with E-state index in [1.807, 2.05) is 12.1 Å². The van der Waals surface area contributed by atoms with Crippen LogP contribution in [0.1, 0.15) is 127 Å². The number of allylic oxidation sites excluding steroid dienone is 3. The molecule has 254 valence electrons. The van der Waals surface area contributed by atoms with Crippen LogP contribution >= 0.6 is 0 Å². The lowest BCUT2D eigenvalue weighted by molar-refractivity contribution is -0.219. The third kappa shape index (κ3) is 4.55. The highest BCUT2D eigenvalue weighted by Gasteiger charge is 2.71. The first kappa shape index (κ1) is 32.8. The molecule has 0 aliphatic heterocycles. The predicted molar refractivity (Wildman–Crippen MR) is 187 cm³/mol. The Bertz CT molecular complexity index is 1600. The number of fused-ring (bicyclic) bond motifs is 7. The number of hydrogen-bond acceptors (Lipinski definition) is 5. The van der Waals surface area contributed by atoms with Gasteiger partial charge in [-0.25, -0.2) is 4.79 Å². The van der Waals surface area contributed by atoms with Crippen molar-refractivity contribution in [3.63, 3.8) is 0 Å². The van der Waals surface area contributed by atoms with E-state index in [1.165, 1.54) is 55.2 Å². The average Bonchev–Trinajstić information content (AvgIpc) is 3.63. The predicted octanol–water partition coefficient (Wildman–Crippen LogP) is 9.43. The molecule has 1 aromatic carbocycles. The van der Waals surface area contributed by atoms with Crippen molar-refractivity contribution in [1.82, 2.24) is 15.1 Å². The molecule has 0 bridgehead atoms. The summed E-state index contributed by atoms with van der Waals surface area (Å²) >= 11 is 0. The van der Waals surface area contributed by atoms with E-state index < -0.39 is 5.97 Å². The average molecular weight is 640 g/mol. The van der Waals surface area contributed by atoms with Crippen LogP contribution in [0.15, 0.2) is 46.9 Å². The van der Waals surface area contributed by atoms with Crippen molar-refractivity contribution in [2.24, 2.45) is 51.2 Å². The molecule has 6 nitrogen and oxygen atoms in total. The van der Waals surface area contributed by atoms with Crippen LogP contribution in [0.2, 0.25) is 0 Å². The standard InChI is InChI=1S/C41H57N3O3/c1-25(2)28-16-21-41(36-43-42-33(47-36)24-44(8)9)23-22-39(6)30(34(28)41)14-15-32-38(5)19-17-29(26-10-12-27(13-11-26)35(45)46)37(3,4)31(38)18-20-40(32,39)7/h10-13,17,28,30-32,34H,1,14-16,18-24H2,2-9H3,(H,45,46)/t28-,30?,31?,32?,34?,38-,39+,40+,41-/m0/s1. The van der Waals surface area contributed by atoms with Crippen LogP contribution in [0.5, 0.6) is 0 Å². The Balaban J connectivity index is 1.24. The van der Waals surface area contributed by atoms with Crippen molar-refractivity contribution in [2.75, 3.05) is 14.1 Å². The van der Waals surface area contributed by atoms with Crippen molar-refractivity contribution < 1.29 is 14.3 Å². The third-order valence-corrected chi connectivity index (χ3v) is 15.4. The topological polar surface area (TPSA) is 79.5 Å². The Labute approximate surface area is 282 Å². The van der Waals surface area contributed by atoms with Crippen molar-refractivity contribution in [2.45, 2.75) is 111 Å². The van der Waals surface area contributed by atoms with Crippen molar-refractivity contribution in [1.29, 1.82) is 0 Å². The van der Waals surface area contributed by atoms with Crippen LogP contribution in [-0.2, 0) is 12.0 Å². The zero-order valence-corrected chi connectivity index (χ0v) is 30.2. The lowest BCUT2D eigenvalue weighted by Crippen LogP contribution is -2.65. The van der Waals surface area contributed by atoms with Gasteiger partial charge in [-0.05, 0) is 153 Å². The fourth-order valence-corrected chi connectivity index (χ4v) is 13.2. The molecule has 0 saturated heterocycles. The molecule has 4 fully saturated rings. The normalized spacial score (nSPS) is 40.5. The van der Waals surface area contributed by atoms with Gasteiger partial charge in [0, 0.05) is 0 Å². The molecule has 1 N–H and O–H groups in total. The van der Waals surface area contributed by atoms with Crippen LogP contribution in [0.25, 0.3) is 5.57 Å². The van der Waals surface area contributed by atoms with E-state index in [2.05, 4.69) is 78.3 Å². The van der Waals surface area contributed by atoms with Gasteiger partial charge in [0.25, 0.3) is 0 Å². The van der Waals surface area contributed by atoms with E-state index in [0.717, 1.165) is 31.0 Å². The summed E-state index contributed by atoms with van der Waals surface area (Å²) in [6.45, 7) is 20.5. The minimum atomic E-state index is -0.866. The monoisotopic (exact) mass is 639 g/mol. The maximum Gasteiger partial charge on any atom is 0.335 e. The summed E-state index contributed by atoms with van der Waals surface area (Å²) in [6, 6.07) is 7.59. The largest absolute Gasteiger partial charge is 0.478 e. The zero-order chi connectivity index (χ0) is 33.7. The summed E-state index contributed by atoms with van der Waals surface area (Å²) in [5.74, 6) is 3.62. The molecule has 47 heavy (non-hydrogen) atoms. The third-order valence-electron chi connectivity index (χ3n) is 15.4. The molecule has 4 unspecified atom stereocenters. The summed E-state index contributed by atoms with van der Waals surface area (Å²) in [7, 11) is 4.11. The van der Waals surface area contributed by atoms with Gasteiger partial charge in [-0.3, -0.25) is 0 Å². The van der Waals surface area contributed by atoms with E-state index in [-0.39, 0.29) is 27.1 Å². The number of rotatable bonds is 6. The highest BCUT2D eigenvalue weighted by Crippen LogP contribution is 2.77. The van der Waals surface area contributed by atoms with E-state index in [0.29, 0.717) is 41.7 Å². The van der Waals surface area contributed by atoms with Gasteiger partial charge in [0.05, 0.1) is 17.5 Å². The molecule has 9 atom stereocenters. The first-order valence-corrected chi connectivity index (χ1v) is 18.3. The zero-order valence-electron chi connectivity index (χ0n) is 30.2. The fraction of sp³-hybridized carbons (Fsp3) is 0.683. The minimum absolute atomic E-state index is 0.0112. The quantitative estimate of drug-likeness (QED) is 0.317. The van der Waals surface area contributed by atoms with Crippen LogP contribution in [0.4, 0.5) is 0 Å². The summed E-state index contributed by atoms with van der Waals surface area (Å²) in [6.07, 6.45) is 13.3. The molecule has 6 heteroatoms. The first-order chi connectivity index (χ1) is 22.1. The van der Waals surface area contributed by atoms with Gasteiger partial charge < -0.3 is 14.4 Å². The van der Waals surface area contributed by atoms with Crippen molar-refractivity contribution in [3.8, 4) is 0 Å². The van der Waals surface area contributed by atoms with Crippen LogP contribution < -0.4 is 0 Å². The highest BCUT2D eigenvalue weighted by atomic mass is 16.4. The fourth-order valence-electron chi connectivity index (χ4n) is 13.2. The summed E-state index contributed by atoms with van der Waals surface area (Å²) < 4.78 is 6.56. The Morgan fingerprint density at radius 1 is 0.936 bits per heavy atom. The SMILES string of the molecule is C=C(C)[C@@H]1CC[C@]2(c3nnc(CN(C)C)o3)CC[C@]3(C)C(CCC4[C@@]5(C)CC=C(c6ccc(C(=O)O)cc6)C(C)(C)C5CC[C@]43C)C12. The lowest BCUT2D eigenvalue weighted by Gasteiger charge is -2.72. The second-order valence-electron chi connectivity index (χ2n) is 18.0. The van der Waals surface area contributed by atoms with Gasteiger partial charge in [-0.1, -0.05) is 65.0 Å². The van der Waals surface area contributed by atoms with Gasteiger partial charge in [-0.2, -0.15) is 0 Å². The maximum atomic E-state index is 11.5. The molecule has 2 aromatic rings. The van der Waals surface area contributed by atoms with Gasteiger partial charge >= 0.3 is 5.97 Å². The summed E-state index contributed by atoms with van der Waals surface area (Å²) in [5.41, 5.74) is 4.94. The second-order valence-corrected chi connectivity index (χ2v) is 18.0. The first-order valence-electron chi connectivity index (χ1n) is 18.3. The highest BCUT2D eigenvalue weighted by molar-refractivity contribution is 5.88. The van der Waals surface area contributed by atoms with Crippen molar-refractivity contribution in [3.05, 3.63) is 65.4 Å². The van der Waals surface area contributed by atoms with Crippen molar-refractivity contribution >= 4 is 11.5 Å². The molecule has 5 aliphatic carbocycles. The number of carboxylic acid groups (broad SMARTS) is 1. The second kappa shape index (κ2) is 10.9. The number of hydrogen-bond donors (Lipinski definition) is 1. The number of nitrogens with zero attached hydrogens (tertiary/aromatic N) is 3. The van der Waals surface area contributed by atoms with E-state index in [1.54, 1.807) is 12.1 Å². The molecule has 0 radical (unpaired) electrons. The molecule has 5 aliphatic rings. The minimum Gasteiger partial charge on any atom is -0.478 e. The van der Waals surface area contributed by atoms with Crippen LogP contribution in [0, 0.1) is 51.2 Å². The number of benzene rings is 1. The number of carboxylic acids is 1. The molecule has 4 saturated carbocycles. The van der Waals surface area contributed by atoms with Gasteiger partial charge in [0.1, 0.15) is 0 Å². The lowest BCUT2D eigenvalue weighted by atomic mass is 9.32. The molecular weight excluding hydrogens is 582 g/mol. The Hall–Kier alpha value is -2.73. The Morgan fingerprint density at radius 2 is 1.66 bits per heavy atom. The van der Waals surface area contributed by atoms with Crippen LogP contribution in [-0.4, -0.2) is 40.3 Å². The Morgan fingerprint density at radius 3 is 2.32 bits per heavy atom. The molecule has 7 rings (SSSR count). The number of aromatic nitrogens is 2. The number of aromatic carboxylic acids is 1. The summed E-state index contributed by atoms with van der Waals surface area (Å²) in [4.78, 5) is 13.6. The van der Waals surface area contributed by atoms with Gasteiger partial charge in [0.2, 0.25) is 11.8 Å². The van der Waals surface area contributed by atoms with E-state index in [9.17, 15) is 9.90 Å². The molecule has 0 spiro atoms. The van der Waals surface area contributed by atoms with E-state index >= 15 is 0 Å². The molecule has 1 aromatic heterocycles. The Kier molecular flexibility index (Phi) is 7.60. The van der Waals surface area contributed by atoms with Gasteiger partial charge in [-0.15, -0.1) is 10.2 Å². The van der Waals surface area contributed by atoms with Crippen LogP contribution in [0.3, 0.4) is 0 Å². The molecular formula is C41H57N3O3. The van der Waals surface area contributed by atoms with E-state index in [4.69, 9.17) is 9.52 Å². The number of carbonyl (C=O) groups is 1. The molecule has 1 heterocycles. The summed E-state index contributed by atoms with van der Waals surface area (Å²) in [5, 5.41) is 18.8. The molecule has 0 amide bonds. The smallest absolute Gasteiger partial charge is 0.335 e. The van der Waals surface area contributed by atoms with Gasteiger partial charge in [0.15, 0.2) is 0 Å².